The third-order valence-corrected chi connectivity index (χ3v) is 5.03. The maximum atomic E-state index is 12.1. The van der Waals surface area contributed by atoms with Crippen molar-refractivity contribution in [2.24, 2.45) is 0 Å². The van der Waals surface area contributed by atoms with Gasteiger partial charge in [0.05, 0.1) is 11.1 Å². The third kappa shape index (κ3) is 3.65. The Labute approximate surface area is 160 Å². The Morgan fingerprint density at radius 3 is 2.30 bits per heavy atom. The second-order valence-corrected chi connectivity index (χ2v) is 6.97. The summed E-state index contributed by atoms with van der Waals surface area (Å²) in [5, 5.41) is 21.7. The molecule has 1 heterocycles. The zero-order valence-corrected chi connectivity index (χ0v) is 15.9. The van der Waals surface area contributed by atoms with E-state index in [1.165, 1.54) is 0 Å². The molecule has 5 nitrogen and oxygen atoms in total. The number of hydrogen-bond acceptors (Lipinski definition) is 5. The number of carbonyl (C=O) groups excluding carboxylic acids is 1. The quantitative estimate of drug-likeness (QED) is 0.684. The molecule has 144 valence electrons. The third-order valence-electron chi connectivity index (χ3n) is 5.03. The number of fused-ring (bicyclic) bond motifs is 1. The highest BCUT2D eigenvalue weighted by Gasteiger charge is 2.47. The first-order chi connectivity index (χ1) is 13.0. The number of aliphatic hydroxyl groups is 1. The van der Waals surface area contributed by atoms with Gasteiger partial charge >= 0.3 is 5.97 Å². The molecule has 5 heteroatoms. The molecule has 2 N–H and O–H groups in total. The highest BCUT2D eigenvalue weighted by molar-refractivity contribution is 5.95. The summed E-state index contributed by atoms with van der Waals surface area (Å²) < 4.78 is 5.26. The van der Waals surface area contributed by atoms with Gasteiger partial charge in [-0.2, -0.15) is 0 Å². The van der Waals surface area contributed by atoms with Gasteiger partial charge in [-0.05, 0) is 31.0 Å². The van der Waals surface area contributed by atoms with Crippen molar-refractivity contribution in [2.75, 3.05) is 18.0 Å². The van der Waals surface area contributed by atoms with Gasteiger partial charge in [-0.25, -0.2) is 4.79 Å². The summed E-state index contributed by atoms with van der Waals surface area (Å²) in [6.45, 7) is 6.13. The van der Waals surface area contributed by atoms with Gasteiger partial charge in [-0.15, -0.1) is 0 Å². The number of benzene rings is 2. The van der Waals surface area contributed by atoms with Gasteiger partial charge < -0.3 is 19.8 Å². The Bertz CT molecular complexity index is 812. The molecule has 1 aliphatic heterocycles. The summed E-state index contributed by atoms with van der Waals surface area (Å²) in [6, 6.07) is 11.9. The smallest absolute Gasteiger partial charge is 0.341 e. The molecule has 27 heavy (non-hydrogen) atoms. The second-order valence-electron chi connectivity index (χ2n) is 6.97. The van der Waals surface area contributed by atoms with Crippen LogP contribution in [0.3, 0.4) is 0 Å². The molecule has 1 aliphatic rings. The lowest BCUT2D eigenvalue weighted by Gasteiger charge is -2.27. The molecule has 2 aromatic rings. The SMILES string of the molecule is CCCCN(CCCC)c1ccc([C@@]2(O)OC(=O)c3ccccc32)c(O)c1. The number of phenolic OH excluding ortho intramolecular Hbond substituents is 1. The number of unbranched alkanes of at least 4 members (excludes halogenated alkanes) is 2. The number of aromatic hydroxyl groups is 1. The van der Waals surface area contributed by atoms with Gasteiger partial charge in [0, 0.05) is 30.4 Å². The zero-order valence-electron chi connectivity index (χ0n) is 15.9. The number of rotatable bonds is 8. The van der Waals surface area contributed by atoms with Crippen LogP contribution in [0.15, 0.2) is 42.5 Å². The maximum Gasteiger partial charge on any atom is 0.341 e. The normalized spacial score (nSPS) is 18.3. The summed E-state index contributed by atoms with van der Waals surface area (Å²) in [4.78, 5) is 14.4. The van der Waals surface area contributed by atoms with E-state index >= 15 is 0 Å². The molecule has 0 fully saturated rings. The average Bonchev–Trinajstić information content (AvgIpc) is 2.93. The van der Waals surface area contributed by atoms with Crippen LogP contribution in [-0.4, -0.2) is 29.3 Å². The highest BCUT2D eigenvalue weighted by Crippen LogP contribution is 2.43. The fraction of sp³-hybridized carbons (Fsp3) is 0.409. The van der Waals surface area contributed by atoms with Crippen LogP contribution < -0.4 is 4.90 Å². The van der Waals surface area contributed by atoms with Gasteiger partial charge in [0.15, 0.2) is 0 Å². The number of cyclic esters (lactones) is 1. The largest absolute Gasteiger partial charge is 0.507 e. The molecule has 1 atom stereocenters. The van der Waals surface area contributed by atoms with Crippen LogP contribution in [-0.2, 0) is 10.5 Å². The van der Waals surface area contributed by atoms with Crippen LogP contribution in [0.4, 0.5) is 5.69 Å². The number of hydrogen-bond donors (Lipinski definition) is 2. The molecule has 0 bridgehead atoms. The highest BCUT2D eigenvalue weighted by atomic mass is 16.7. The number of phenols is 1. The Hall–Kier alpha value is -2.53. The lowest BCUT2D eigenvalue weighted by atomic mass is 9.94. The molecule has 0 aliphatic carbocycles. The summed E-state index contributed by atoms with van der Waals surface area (Å²) in [7, 11) is 0. The minimum absolute atomic E-state index is 0.0856. The molecular weight excluding hydrogens is 342 g/mol. The van der Waals surface area contributed by atoms with Crippen LogP contribution in [0.25, 0.3) is 0 Å². The predicted molar refractivity (Wildman–Crippen MR) is 105 cm³/mol. The van der Waals surface area contributed by atoms with E-state index in [4.69, 9.17) is 4.74 Å². The van der Waals surface area contributed by atoms with E-state index in [9.17, 15) is 15.0 Å². The molecule has 0 radical (unpaired) electrons. The Kier molecular flexibility index (Phi) is 5.71. The molecule has 0 saturated heterocycles. The molecule has 3 rings (SSSR count). The van der Waals surface area contributed by atoms with Gasteiger partial charge in [0.2, 0.25) is 0 Å². The average molecular weight is 369 g/mol. The first-order valence-corrected chi connectivity index (χ1v) is 9.65. The van der Waals surface area contributed by atoms with E-state index in [0.717, 1.165) is 44.5 Å². The predicted octanol–water partition coefficient (Wildman–Crippen LogP) is 4.16. The Morgan fingerprint density at radius 1 is 1.00 bits per heavy atom. The summed E-state index contributed by atoms with van der Waals surface area (Å²) in [5.41, 5.74) is 1.75. The van der Waals surface area contributed by atoms with Gasteiger partial charge in [0.1, 0.15) is 5.75 Å². The lowest BCUT2D eigenvalue weighted by Crippen LogP contribution is -2.28. The minimum Gasteiger partial charge on any atom is -0.507 e. The van der Waals surface area contributed by atoms with Crippen molar-refractivity contribution in [3.8, 4) is 5.75 Å². The van der Waals surface area contributed by atoms with Crippen molar-refractivity contribution in [1.82, 2.24) is 0 Å². The molecular formula is C22H27NO4. The van der Waals surface area contributed by atoms with Crippen molar-refractivity contribution < 1.29 is 19.7 Å². The number of carbonyl (C=O) groups is 1. The van der Waals surface area contributed by atoms with Crippen LogP contribution >= 0.6 is 0 Å². The number of ether oxygens (including phenoxy) is 1. The maximum absolute atomic E-state index is 12.1. The van der Waals surface area contributed by atoms with Crippen LogP contribution in [0.2, 0.25) is 0 Å². The Morgan fingerprint density at radius 2 is 1.67 bits per heavy atom. The summed E-state index contributed by atoms with van der Waals surface area (Å²) in [6.07, 6.45) is 4.33. The summed E-state index contributed by atoms with van der Waals surface area (Å²) in [5.74, 6) is -2.64. The molecule has 0 unspecified atom stereocenters. The Balaban J connectivity index is 1.94. The fourth-order valence-corrected chi connectivity index (χ4v) is 3.47. The lowest BCUT2D eigenvalue weighted by molar-refractivity contribution is -0.130. The van der Waals surface area contributed by atoms with Gasteiger partial charge in [0.25, 0.3) is 5.79 Å². The number of anilines is 1. The molecule has 0 amide bonds. The van der Waals surface area contributed by atoms with E-state index in [-0.39, 0.29) is 11.3 Å². The second kappa shape index (κ2) is 8.01. The van der Waals surface area contributed by atoms with E-state index in [1.54, 1.807) is 36.4 Å². The van der Waals surface area contributed by atoms with Crippen molar-refractivity contribution in [3.63, 3.8) is 0 Å². The molecule has 0 aromatic heterocycles. The molecule has 0 spiro atoms. The van der Waals surface area contributed by atoms with Crippen LogP contribution in [0.5, 0.6) is 5.75 Å². The first-order valence-electron chi connectivity index (χ1n) is 9.65. The van der Waals surface area contributed by atoms with E-state index < -0.39 is 11.8 Å². The van der Waals surface area contributed by atoms with Crippen molar-refractivity contribution in [1.29, 1.82) is 0 Å². The standard InChI is InChI=1S/C22H27NO4/c1-3-5-13-23(14-6-4-2)16-11-12-19(20(24)15-16)22(26)18-10-8-7-9-17(18)21(25)27-22/h7-12,15,24,26H,3-6,13-14H2,1-2H3/t22-/m0/s1. The van der Waals surface area contributed by atoms with Crippen molar-refractivity contribution in [3.05, 3.63) is 59.2 Å². The minimum atomic E-state index is -1.96. The first kappa shape index (κ1) is 19.2. The molecule has 0 saturated carbocycles. The van der Waals surface area contributed by atoms with Gasteiger partial charge in [-0.3, -0.25) is 0 Å². The van der Waals surface area contributed by atoms with Crippen LogP contribution in [0.1, 0.15) is 61.0 Å². The van der Waals surface area contributed by atoms with E-state index in [2.05, 4.69) is 18.7 Å². The van der Waals surface area contributed by atoms with Gasteiger partial charge in [-0.1, -0.05) is 44.9 Å². The molecule has 2 aromatic carbocycles. The van der Waals surface area contributed by atoms with Crippen molar-refractivity contribution in [2.45, 2.75) is 45.3 Å². The topological polar surface area (TPSA) is 70.0 Å². The number of nitrogens with zero attached hydrogens (tertiary/aromatic N) is 1. The number of esters is 1. The zero-order chi connectivity index (χ0) is 19.4. The summed E-state index contributed by atoms with van der Waals surface area (Å²) >= 11 is 0. The monoisotopic (exact) mass is 369 g/mol. The van der Waals surface area contributed by atoms with E-state index in [1.807, 2.05) is 6.07 Å². The van der Waals surface area contributed by atoms with E-state index in [0.29, 0.717) is 11.1 Å². The fourth-order valence-electron chi connectivity index (χ4n) is 3.47. The van der Waals surface area contributed by atoms with Crippen molar-refractivity contribution >= 4 is 11.7 Å². The van der Waals surface area contributed by atoms with Crippen LogP contribution in [0, 0.1) is 0 Å².